The first-order chi connectivity index (χ1) is 21.4. The third-order valence-corrected chi connectivity index (χ3v) is 7.88. The first-order valence-electron chi connectivity index (χ1n) is 15.3. The summed E-state index contributed by atoms with van der Waals surface area (Å²) < 4.78 is 19.5. The predicted octanol–water partition coefficient (Wildman–Crippen LogP) is 4.14. The van der Waals surface area contributed by atoms with Gasteiger partial charge in [0.25, 0.3) is 6.01 Å². The highest BCUT2D eigenvalue weighted by atomic mass is 16.6. The number of aromatic nitrogens is 6. The smallest absolute Gasteiger partial charge is 0.409 e. The van der Waals surface area contributed by atoms with E-state index in [4.69, 9.17) is 14.2 Å². The van der Waals surface area contributed by atoms with Gasteiger partial charge in [0, 0.05) is 50.7 Å². The maximum atomic E-state index is 12.1. The zero-order valence-electron chi connectivity index (χ0n) is 25.5. The minimum Gasteiger partial charge on any atom is -0.465 e. The molecule has 2 amide bonds. The first kappa shape index (κ1) is 30.8. The summed E-state index contributed by atoms with van der Waals surface area (Å²) in [4.78, 5) is 55.2. The molecule has 0 bridgehead atoms. The number of pyridine rings is 2. The van der Waals surface area contributed by atoms with E-state index in [0.717, 1.165) is 42.4 Å². The number of piperidine rings is 2. The number of aromatic amines is 1. The van der Waals surface area contributed by atoms with Crippen molar-refractivity contribution in [1.29, 1.82) is 0 Å². The number of ether oxygens (including phenoxy) is 3. The number of carbonyl (C=O) groups is 2. The van der Waals surface area contributed by atoms with Crippen LogP contribution in [0, 0.1) is 0 Å². The highest BCUT2D eigenvalue weighted by Gasteiger charge is 2.29. The zero-order valence-corrected chi connectivity index (χ0v) is 25.5. The van der Waals surface area contributed by atoms with Crippen LogP contribution in [0.5, 0.6) is 6.01 Å². The van der Waals surface area contributed by atoms with Crippen molar-refractivity contribution in [3.63, 3.8) is 0 Å². The van der Waals surface area contributed by atoms with Crippen molar-refractivity contribution in [2.45, 2.75) is 58.5 Å². The molecule has 4 aromatic rings. The molecule has 44 heavy (non-hydrogen) atoms. The molecule has 6 rings (SSSR count). The van der Waals surface area contributed by atoms with E-state index in [1.165, 1.54) is 0 Å². The quantitative estimate of drug-likeness (QED) is 0.341. The van der Waals surface area contributed by atoms with Crippen molar-refractivity contribution in [2.75, 3.05) is 46.0 Å². The fourth-order valence-electron chi connectivity index (χ4n) is 5.81. The number of carbonyl (C=O) groups excluding carboxylic acids is 2. The lowest BCUT2D eigenvalue weighted by atomic mass is 10.1. The summed E-state index contributed by atoms with van der Waals surface area (Å²) in [5.74, 6) is 0. The molecule has 2 saturated heterocycles. The van der Waals surface area contributed by atoms with Gasteiger partial charge in [-0.15, -0.1) is 0 Å². The van der Waals surface area contributed by atoms with Crippen molar-refractivity contribution < 1.29 is 23.8 Å². The maximum absolute atomic E-state index is 12.1. The zero-order chi connectivity index (χ0) is 31.1. The molecule has 6 heterocycles. The number of rotatable bonds is 6. The monoisotopic (exact) mass is 608 g/mol. The standard InChI is InChI=1S/C16H22N4O3.C14H18N4O3/c1-3-22-15-18-13-6-5-9-17-14(13)20(15)12-7-10-19(11-8-12)16(21)23-4-2;1-2-21-14(20)17-8-5-10(6-9-17)18-12-11(16-13(18)19)4-3-7-15-12/h5-6,9,12H,3-4,7-8,10-11H2,1-2H3;3-4,7,10H,2,5-6,8-9H2,1H3,(H,16,19). The van der Waals surface area contributed by atoms with Gasteiger partial charge >= 0.3 is 17.9 Å². The Labute approximate surface area is 254 Å². The Morgan fingerprint density at radius 3 is 1.91 bits per heavy atom. The van der Waals surface area contributed by atoms with E-state index in [-0.39, 0.29) is 30.0 Å². The van der Waals surface area contributed by atoms with Gasteiger partial charge in [-0.05, 0) is 70.7 Å². The molecular formula is C30H40N8O6. The molecule has 0 radical (unpaired) electrons. The number of fused-ring (bicyclic) bond motifs is 2. The van der Waals surface area contributed by atoms with Crippen LogP contribution in [0.25, 0.3) is 22.3 Å². The number of hydrogen-bond donors (Lipinski definition) is 1. The summed E-state index contributed by atoms with van der Waals surface area (Å²) in [6.07, 6.45) is 6.06. The molecule has 14 heteroatoms. The van der Waals surface area contributed by atoms with Crippen molar-refractivity contribution in [2.24, 2.45) is 0 Å². The Kier molecular flexibility index (Phi) is 9.97. The van der Waals surface area contributed by atoms with Crippen molar-refractivity contribution in [1.82, 2.24) is 38.9 Å². The minimum absolute atomic E-state index is 0.0619. The molecular weight excluding hydrogens is 568 g/mol. The second-order valence-corrected chi connectivity index (χ2v) is 10.6. The van der Waals surface area contributed by atoms with Crippen LogP contribution in [0.3, 0.4) is 0 Å². The average molecular weight is 609 g/mol. The number of nitrogens with zero attached hydrogens (tertiary/aromatic N) is 7. The Morgan fingerprint density at radius 1 is 0.795 bits per heavy atom. The third-order valence-electron chi connectivity index (χ3n) is 7.88. The van der Waals surface area contributed by atoms with Gasteiger partial charge in [-0.2, -0.15) is 4.98 Å². The van der Waals surface area contributed by atoms with E-state index < -0.39 is 0 Å². The van der Waals surface area contributed by atoms with E-state index in [1.54, 1.807) is 39.8 Å². The Bertz CT molecular complexity index is 1610. The molecule has 14 nitrogen and oxygen atoms in total. The number of H-pyrrole nitrogens is 1. The number of likely N-dealkylation sites (tertiary alicyclic amines) is 2. The summed E-state index contributed by atoms with van der Waals surface area (Å²) in [5, 5.41) is 0. The van der Waals surface area contributed by atoms with Crippen molar-refractivity contribution in [3.8, 4) is 6.01 Å². The summed E-state index contributed by atoms with van der Waals surface area (Å²) >= 11 is 0. The third kappa shape index (κ3) is 6.63. The fraction of sp³-hybridized carbons (Fsp3) is 0.533. The van der Waals surface area contributed by atoms with Crippen LogP contribution in [-0.4, -0.2) is 97.1 Å². The lowest BCUT2D eigenvalue weighted by Gasteiger charge is -2.32. The molecule has 1 N–H and O–H groups in total. The number of amides is 2. The normalized spacial score (nSPS) is 16.1. The van der Waals surface area contributed by atoms with Crippen LogP contribution in [0.1, 0.15) is 58.5 Å². The lowest BCUT2D eigenvalue weighted by Crippen LogP contribution is -2.40. The molecule has 2 fully saturated rings. The van der Waals surface area contributed by atoms with E-state index in [2.05, 4.69) is 24.5 Å². The fourth-order valence-corrected chi connectivity index (χ4v) is 5.81. The number of imidazole rings is 2. The SMILES string of the molecule is CCOC(=O)N1CCC(n2c(=O)[nH]c3cccnc32)CC1.CCOC(=O)N1CCC(n2c(OCC)nc3cccnc32)CC1. The van der Waals surface area contributed by atoms with Crippen LogP contribution in [0.2, 0.25) is 0 Å². The number of nitrogens with one attached hydrogen (secondary N) is 1. The molecule has 0 unspecified atom stereocenters. The molecule has 2 aliphatic rings. The first-order valence-corrected chi connectivity index (χ1v) is 15.3. The topological polar surface area (TPSA) is 150 Å². The van der Waals surface area contributed by atoms with Gasteiger partial charge in [0.2, 0.25) is 0 Å². The molecule has 0 aliphatic carbocycles. The van der Waals surface area contributed by atoms with Gasteiger partial charge in [-0.3, -0.25) is 9.13 Å². The van der Waals surface area contributed by atoms with E-state index in [0.29, 0.717) is 57.7 Å². The van der Waals surface area contributed by atoms with E-state index in [1.807, 2.05) is 32.0 Å². The highest BCUT2D eigenvalue weighted by molar-refractivity contribution is 5.72. The predicted molar refractivity (Wildman–Crippen MR) is 163 cm³/mol. The Hall–Kier alpha value is -4.62. The van der Waals surface area contributed by atoms with Crippen LogP contribution in [0.4, 0.5) is 9.59 Å². The minimum atomic E-state index is -0.277. The second-order valence-electron chi connectivity index (χ2n) is 10.6. The summed E-state index contributed by atoms with van der Waals surface area (Å²) in [7, 11) is 0. The van der Waals surface area contributed by atoms with Gasteiger partial charge in [-0.25, -0.2) is 24.4 Å². The second kappa shape index (κ2) is 14.2. The summed E-state index contributed by atoms with van der Waals surface area (Å²) in [6.45, 7) is 9.43. The molecule has 0 atom stereocenters. The molecule has 0 spiro atoms. The van der Waals surface area contributed by atoms with Crippen LogP contribution in [-0.2, 0) is 9.47 Å². The lowest BCUT2D eigenvalue weighted by molar-refractivity contribution is 0.0915. The molecule has 0 saturated carbocycles. The van der Waals surface area contributed by atoms with Gasteiger partial charge < -0.3 is 29.0 Å². The van der Waals surface area contributed by atoms with Crippen LogP contribution in [0.15, 0.2) is 41.5 Å². The summed E-state index contributed by atoms with van der Waals surface area (Å²) in [6, 6.07) is 8.35. The Morgan fingerprint density at radius 2 is 1.34 bits per heavy atom. The highest BCUT2D eigenvalue weighted by Crippen LogP contribution is 2.31. The molecule has 2 aliphatic heterocycles. The van der Waals surface area contributed by atoms with E-state index >= 15 is 0 Å². The molecule has 4 aromatic heterocycles. The maximum Gasteiger partial charge on any atom is 0.409 e. The van der Waals surface area contributed by atoms with Crippen LogP contribution >= 0.6 is 0 Å². The molecule has 0 aromatic carbocycles. The van der Waals surface area contributed by atoms with Crippen molar-refractivity contribution >= 4 is 34.5 Å². The van der Waals surface area contributed by atoms with Crippen LogP contribution < -0.4 is 10.4 Å². The summed E-state index contributed by atoms with van der Waals surface area (Å²) in [5.41, 5.74) is 2.96. The Balaban J connectivity index is 0.000000175. The van der Waals surface area contributed by atoms with Crippen molar-refractivity contribution in [3.05, 3.63) is 47.1 Å². The molecule has 236 valence electrons. The van der Waals surface area contributed by atoms with E-state index in [9.17, 15) is 14.4 Å². The largest absolute Gasteiger partial charge is 0.465 e. The van der Waals surface area contributed by atoms with Gasteiger partial charge in [0.05, 0.1) is 25.3 Å². The number of hydrogen-bond acceptors (Lipinski definition) is 9. The van der Waals surface area contributed by atoms with Gasteiger partial charge in [-0.1, -0.05) is 0 Å². The van der Waals surface area contributed by atoms with Gasteiger partial charge in [0.15, 0.2) is 11.3 Å². The average Bonchev–Trinajstić information content (AvgIpc) is 3.58. The van der Waals surface area contributed by atoms with Gasteiger partial charge in [0.1, 0.15) is 5.52 Å².